The Kier molecular flexibility index (Phi) is 11.2. The third-order valence-electron chi connectivity index (χ3n) is 8.35. The van der Waals surface area contributed by atoms with Crippen molar-refractivity contribution in [2.75, 3.05) is 39.3 Å². The molecule has 42 heavy (non-hydrogen) atoms. The van der Waals surface area contributed by atoms with Crippen LogP contribution in [0.2, 0.25) is 0 Å². The van der Waals surface area contributed by atoms with E-state index in [0.29, 0.717) is 19.6 Å². The highest BCUT2D eigenvalue weighted by molar-refractivity contribution is 14.1. The second-order valence-electron chi connectivity index (χ2n) is 11.3. The Morgan fingerprint density at radius 3 is 2.21 bits per heavy atom. The molecule has 2 saturated heterocycles. The predicted molar refractivity (Wildman–Crippen MR) is 178 cm³/mol. The SMILES string of the molecule is O=C(/C=C/c1ccc(I)cc1)NC[C@@H]1CCN(CC(c2ccccc2)c2ccccc2)C(=O)[C@H](CCN2CCCC2)N1. The van der Waals surface area contributed by atoms with Gasteiger partial charge in [-0.3, -0.25) is 9.59 Å². The van der Waals surface area contributed by atoms with Gasteiger partial charge in [-0.25, -0.2) is 0 Å². The minimum absolute atomic E-state index is 0.0186. The summed E-state index contributed by atoms with van der Waals surface area (Å²) < 4.78 is 1.16. The van der Waals surface area contributed by atoms with Crippen LogP contribution < -0.4 is 10.6 Å². The highest BCUT2D eigenvalue weighted by atomic mass is 127. The lowest BCUT2D eigenvalue weighted by Gasteiger charge is -2.30. The molecule has 0 bridgehead atoms. The van der Waals surface area contributed by atoms with Gasteiger partial charge >= 0.3 is 0 Å². The van der Waals surface area contributed by atoms with E-state index in [2.05, 4.69) is 91.6 Å². The first-order chi connectivity index (χ1) is 20.5. The summed E-state index contributed by atoms with van der Waals surface area (Å²) in [5, 5.41) is 6.72. The summed E-state index contributed by atoms with van der Waals surface area (Å²) in [6, 6.07) is 28.8. The minimum Gasteiger partial charge on any atom is -0.351 e. The van der Waals surface area contributed by atoms with Crippen molar-refractivity contribution >= 4 is 40.5 Å². The molecule has 0 saturated carbocycles. The van der Waals surface area contributed by atoms with Gasteiger partial charge < -0.3 is 20.4 Å². The lowest BCUT2D eigenvalue weighted by atomic mass is 9.90. The van der Waals surface area contributed by atoms with E-state index in [-0.39, 0.29) is 29.8 Å². The first-order valence-electron chi connectivity index (χ1n) is 15.1. The van der Waals surface area contributed by atoms with Crippen LogP contribution in [0.4, 0.5) is 0 Å². The standard InChI is InChI=1S/C35H41IN4O2/c36-30-16-13-27(14-17-30)15-18-34(41)37-25-31-19-24-40(35(42)33(38-31)20-23-39-21-7-8-22-39)26-32(28-9-3-1-4-10-28)29-11-5-2-6-12-29/h1-6,9-18,31-33,38H,7-8,19-26H2,(H,37,41)/b18-15+/t31-,33-/m0/s1. The van der Waals surface area contributed by atoms with Crippen LogP contribution in [0.25, 0.3) is 6.08 Å². The Bertz CT molecular complexity index is 1270. The smallest absolute Gasteiger partial charge is 0.244 e. The molecular weight excluding hydrogens is 635 g/mol. The average molecular weight is 677 g/mol. The predicted octanol–water partition coefficient (Wildman–Crippen LogP) is 5.30. The fourth-order valence-corrected chi connectivity index (χ4v) is 6.33. The normalized spacial score (nSPS) is 19.9. The number of rotatable bonds is 11. The number of benzene rings is 3. The largest absolute Gasteiger partial charge is 0.351 e. The summed E-state index contributed by atoms with van der Waals surface area (Å²) in [4.78, 5) is 31.3. The second-order valence-corrected chi connectivity index (χ2v) is 12.6. The highest BCUT2D eigenvalue weighted by Gasteiger charge is 2.33. The summed E-state index contributed by atoms with van der Waals surface area (Å²) >= 11 is 2.27. The highest BCUT2D eigenvalue weighted by Crippen LogP contribution is 2.27. The number of amides is 2. The van der Waals surface area contributed by atoms with Crippen molar-refractivity contribution in [2.24, 2.45) is 0 Å². The molecule has 2 atom stereocenters. The Morgan fingerprint density at radius 2 is 1.57 bits per heavy atom. The third kappa shape index (κ3) is 8.75. The van der Waals surface area contributed by atoms with Crippen molar-refractivity contribution in [1.29, 1.82) is 0 Å². The Balaban J connectivity index is 1.27. The van der Waals surface area contributed by atoms with Gasteiger partial charge in [0.2, 0.25) is 11.8 Å². The summed E-state index contributed by atoms with van der Waals surface area (Å²) in [6.45, 7) is 4.91. The quantitative estimate of drug-likeness (QED) is 0.214. The van der Waals surface area contributed by atoms with Gasteiger partial charge in [0.1, 0.15) is 0 Å². The summed E-state index contributed by atoms with van der Waals surface area (Å²) in [7, 11) is 0. The molecule has 3 aromatic rings. The zero-order valence-corrected chi connectivity index (χ0v) is 26.3. The van der Waals surface area contributed by atoms with Crippen LogP contribution in [0.1, 0.15) is 48.3 Å². The first kappa shape index (κ1) is 30.4. The number of carbonyl (C=O) groups excluding carboxylic acids is 2. The van der Waals surface area contributed by atoms with E-state index in [9.17, 15) is 9.59 Å². The van der Waals surface area contributed by atoms with Crippen molar-refractivity contribution in [1.82, 2.24) is 20.4 Å². The molecule has 0 aromatic heterocycles. The molecule has 0 unspecified atom stereocenters. The molecule has 7 heteroatoms. The summed E-state index contributed by atoms with van der Waals surface area (Å²) in [5.41, 5.74) is 3.42. The molecule has 2 fully saturated rings. The number of carbonyl (C=O) groups is 2. The van der Waals surface area contributed by atoms with Crippen molar-refractivity contribution in [3.8, 4) is 0 Å². The average Bonchev–Trinajstić information content (AvgIpc) is 3.50. The lowest BCUT2D eigenvalue weighted by Crippen LogP contribution is -2.50. The monoisotopic (exact) mass is 676 g/mol. The number of nitrogens with one attached hydrogen (secondary N) is 2. The maximum absolute atomic E-state index is 14.1. The van der Waals surface area contributed by atoms with Gasteiger partial charge in [0.15, 0.2) is 0 Å². The van der Waals surface area contributed by atoms with E-state index in [1.54, 1.807) is 6.08 Å². The van der Waals surface area contributed by atoms with E-state index < -0.39 is 0 Å². The van der Waals surface area contributed by atoms with Gasteiger partial charge in [-0.1, -0.05) is 72.8 Å². The van der Waals surface area contributed by atoms with Crippen LogP contribution in [-0.2, 0) is 9.59 Å². The summed E-state index contributed by atoms with van der Waals surface area (Å²) in [6.07, 6.45) is 7.45. The second kappa shape index (κ2) is 15.5. The van der Waals surface area contributed by atoms with Gasteiger partial charge in [-0.2, -0.15) is 0 Å². The number of likely N-dealkylation sites (tertiary alicyclic amines) is 1. The number of hydrogen-bond acceptors (Lipinski definition) is 4. The molecule has 0 radical (unpaired) electrons. The van der Waals surface area contributed by atoms with E-state index in [1.165, 1.54) is 24.0 Å². The topological polar surface area (TPSA) is 64.7 Å². The van der Waals surface area contributed by atoms with Crippen LogP contribution in [-0.4, -0.2) is 73.0 Å². The molecule has 0 spiro atoms. The third-order valence-corrected chi connectivity index (χ3v) is 9.07. The first-order valence-corrected chi connectivity index (χ1v) is 16.2. The maximum Gasteiger partial charge on any atom is 0.244 e. The van der Waals surface area contributed by atoms with Crippen molar-refractivity contribution in [3.63, 3.8) is 0 Å². The van der Waals surface area contributed by atoms with Crippen molar-refractivity contribution < 1.29 is 9.59 Å². The number of nitrogens with zero attached hydrogens (tertiary/aromatic N) is 2. The van der Waals surface area contributed by atoms with E-state index >= 15 is 0 Å². The van der Waals surface area contributed by atoms with Gasteiger partial charge in [-0.15, -0.1) is 0 Å². The van der Waals surface area contributed by atoms with Crippen LogP contribution in [0, 0.1) is 3.57 Å². The van der Waals surface area contributed by atoms with Gasteiger partial charge in [0, 0.05) is 47.8 Å². The molecule has 0 aliphatic carbocycles. The molecule has 5 rings (SSSR count). The fourth-order valence-electron chi connectivity index (χ4n) is 5.97. The molecular formula is C35H41IN4O2. The van der Waals surface area contributed by atoms with E-state index in [1.807, 2.05) is 42.5 Å². The van der Waals surface area contributed by atoms with Gasteiger partial charge in [0.05, 0.1) is 6.04 Å². The molecule has 2 heterocycles. The lowest BCUT2D eigenvalue weighted by molar-refractivity contribution is -0.133. The van der Waals surface area contributed by atoms with Gasteiger partial charge in [-0.05, 0) is 96.3 Å². The summed E-state index contributed by atoms with van der Waals surface area (Å²) in [5.74, 6) is 0.140. The Morgan fingerprint density at radius 1 is 0.929 bits per heavy atom. The Hall–Kier alpha value is -3.01. The molecule has 2 N–H and O–H groups in total. The molecule has 2 aliphatic rings. The zero-order valence-electron chi connectivity index (χ0n) is 24.1. The fraction of sp³-hybridized carbons (Fsp3) is 0.371. The molecule has 2 aliphatic heterocycles. The van der Waals surface area contributed by atoms with E-state index in [0.717, 1.165) is 41.6 Å². The van der Waals surface area contributed by atoms with Crippen molar-refractivity contribution in [3.05, 3.63) is 111 Å². The van der Waals surface area contributed by atoms with Crippen LogP contribution in [0.5, 0.6) is 0 Å². The minimum atomic E-state index is -0.274. The molecule has 2 amide bonds. The van der Waals surface area contributed by atoms with Crippen LogP contribution in [0.3, 0.4) is 0 Å². The van der Waals surface area contributed by atoms with Crippen LogP contribution >= 0.6 is 22.6 Å². The van der Waals surface area contributed by atoms with Gasteiger partial charge in [0.25, 0.3) is 0 Å². The van der Waals surface area contributed by atoms with Crippen LogP contribution in [0.15, 0.2) is 91.0 Å². The van der Waals surface area contributed by atoms with E-state index in [4.69, 9.17) is 0 Å². The molecule has 220 valence electrons. The maximum atomic E-state index is 14.1. The Labute approximate surface area is 263 Å². The zero-order chi connectivity index (χ0) is 29.1. The number of hydrogen-bond donors (Lipinski definition) is 2. The molecule has 3 aromatic carbocycles. The molecule has 6 nitrogen and oxygen atoms in total. The number of halogens is 1. The van der Waals surface area contributed by atoms with Crippen molar-refractivity contribution in [2.45, 2.75) is 43.7 Å².